The van der Waals surface area contributed by atoms with Crippen LogP contribution in [0.25, 0.3) is 0 Å². The summed E-state index contributed by atoms with van der Waals surface area (Å²) < 4.78 is 12.0. The van der Waals surface area contributed by atoms with E-state index in [0.717, 1.165) is 41.0 Å². The molecule has 0 aromatic heterocycles. The molecule has 0 radical (unpaired) electrons. The predicted octanol–water partition coefficient (Wildman–Crippen LogP) is 5.04. The number of fused-ring (bicyclic) bond motifs is 1. The van der Waals surface area contributed by atoms with Crippen molar-refractivity contribution in [2.24, 2.45) is 0 Å². The van der Waals surface area contributed by atoms with Gasteiger partial charge >= 0.3 is 0 Å². The minimum Gasteiger partial charge on any atom is -0.508 e. The topological polar surface area (TPSA) is 38.7 Å². The SMILES string of the molecule is Oc1ccc2c(c1)CCC(c1cccc(OCc3ccccc3)c1)O2. The Morgan fingerprint density at radius 1 is 0.960 bits per heavy atom. The van der Waals surface area contributed by atoms with E-state index in [0.29, 0.717) is 6.61 Å². The Morgan fingerprint density at radius 2 is 1.84 bits per heavy atom. The van der Waals surface area contributed by atoms with E-state index < -0.39 is 0 Å². The first-order chi connectivity index (χ1) is 12.3. The summed E-state index contributed by atoms with van der Waals surface area (Å²) >= 11 is 0. The molecule has 0 aliphatic carbocycles. The first kappa shape index (κ1) is 15.6. The molecule has 3 heteroatoms. The largest absolute Gasteiger partial charge is 0.508 e. The van der Waals surface area contributed by atoms with E-state index in [1.807, 2.05) is 36.4 Å². The van der Waals surface area contributed by atoms with Gasteiger partial charge in [-0.15, -0.1) is 0 Å². The van der Waals surface area contributed by atoms with E-state index in [1.54, 1.807) is 12.1 Å². The van der Waals surface area contributed by atoms with Crippen molar-refractivity contribution in [3.05, 3.63) is 89.5 Å². The Labute approximate surface area is 147 Å². The van der Waals surface area contributed by atoms with Crippen molar-refractivity contribution in [2.45, 2.75) is 25.6 Å². The molecule has 0 spiro atoms. The van der Waals surface area contributed by atoms with Crippen LogP contribution in [0.4, 0.5) is 0 Å². The van der Waals surface area contributed by atoms with Crippen LogP contribution in [0.3, 0.4) is 0 Å². The normalized spacial score (nSPS) is 15.9. The van der Waals surface area contributed by atoms with E-state index in [2.05, 4.69) is 24.3 Å². The summed E-state index contributed by atoms with van der Waals surface area (Å²) in [4.78, 5) is 0. The number of rotatable bonds is 4. The molecular weight excluding hydrogens is 312 g/mol. The highest BCUT2D eigenvalue weighted by atomic mass is 16.5. The van der Waals surface area contributed by atoms with E-state index >= 15 is 0 Å². The second-order valence-electron chi connectivity index (χ2n) is 6.28. The molecule has 1 aliphatic heterocycles. The zero-order valence-corrected chi connectivity index (χ0v) is 13.9. The van der Waals surface area contributed by atoms with Crippen LogP contribution in [0.15, 0.2) is 72.8 Å². The molecule has 25 heavy (non-hydrogen) atoms. The molecule has 0 amide bonds. The van der Waals surface area contributed by atoms with Gasteiger partial charge in [0.05, 0.1) is 0 Å². The molecule has 1 aliphatic rings. The summed E-state index contributed by atoms with van der Waals surface area (Å²) in [6.45, 7) is 0.553. The summed E-state index contributed by atoms with van der Waals surface area (Å²) in [7, 11) is 0. The Bertz CT molecular complexity index is 858. The van der Waals surface area contributed by atoms with Crippen molar-refractivity contribution in [3.8, 4) is 17.2 Å². The minimum atomic E-state index is 0.0114. The van der Waals surface area contributed by atoms with Crippen LogP contribution in [0, 0.1) is 0 Å². The lowest BCUT2D eigenvalue weighted by molar-refractivity contribution is 0.175. The quantitative estimate of drug-likeness (QED) is 0.727. The molecule has 4 rings (SSSR count). The van der Waals surface area contributed by atoms with Gasteiger partial charge in [-0.3, -0.25) is 0 Å². The Morgan fingerprint density at radius 3 is 2.72 bits per heavy atom. The Hall–Kier alpha value is -2.94. The average Bonchev–Trinajstić information content (AvgIpc) is 2.67. The predicted molar refractivity (Wildman–Crippen MR) is 97.0 cm³/mol. The first-order valence-electron chi connectivity index (χ1n) is 8.53. The Balaban J connectivity index is 1.47. The molecule has 0 saturated carbocycles. The highest BCUT2D eigenvalue weighted by molar-refractivity contribution is 5.42. The van der Waals surface area contributed by atoms with Crippen LogP contribution in [-0.4, -0.2) is 5.11 Å². The Kier molecular flexibility index (Phi) is 4.30. The molecule has 3 nitrogen and oxygen atoms in total. The summed E-state index contributed by atoms with van der Waals surface area (Å²) in [5.74, 6) is 1.99. The number of phenolic OH excluding ortho intramolecular Hbond substituents is 1. The molecule has 1 N–H and O–H groups in total. The third-order valence-corrected chi connectivity index (χ3v) is 4.47. The van der Waals surface area contributed by atoms with Gasteiger partial charge in [0, 0.05) is 0 Å². The van der Waals surface area contributed by atoms with Crippen molar-refractivity contribution in [3.63, 3.8) is 0 Å². The van der Waals surface area contributed by atoms with E-state index in [4.69, 9.17) is 9.47 Å². The van der Waals surface area contributed by atoms with Gasteiger partial charge < -0.3 is 14.6 Å². The van der Waals surface area contributed by atoms with Crippen molar-refractivity contribution < 1.29 is 14.6 Å². The molecule has 1 unspecified atom stereocenters. The number of hydrogen-bond acceptors (Lipinski definition) is 3. The van der Waals surface area contributed by atoms with E-state index in [9.17, 15) is 5.11 Å². The van der Waals surface area contributed by atoms with Gasteiger partial charge in [0.15, 0.2) is 0 Å². The zero-order valence-electron chi connectivity index (χ0n) is 13.9. The number of phenols is 1. The van der Waals surface area contributed by atoms with Crippen LogP contribution in [0.1, 0.15) is 29.2 Å². The third-order valence-electron chi connectivity index (χ3n) is 4.47. The van der Waals surface area contributed by atoms with Gasteiger partial charge in [0.1, 0.15) is 30.0 Å². The van der Waals surface area contributed by atoms with E-state index in [1.165, 1.54) is 0 Å². The summed E-state index contributed by atoms with van der Waals surface area (Å²) in [6.07, 6.45) is 1.79. The van der Waals surface area contributed by atoms with Crippen molar-refractivity contribution in [2.75, 3.05) is 0 Å². The molecule has 126 valence electrons. The maximum absolute atomic E-state index is 9.59. The third kappa shape index (κ3) is 3.61. The maximum atomic E-state index is 9.59. The number of ether oxygens (including phenoxy) is 2. The van der Waals surface area contributed by atoms with Crippen molar-refractivity contribution in [1.29, 1.82) is 0 Å². The van der Waals surface area contributed by atoms with Crippen LogP contribution in [0.2, 0.25) is 0 Å². The van der Waals surface area contributed by atoms with Crippen LogP contribution < -0.4 is 9.47 Å². The second kappa shape index (κ2) is 6.89. The minimum absolute atomic E-state index is 0.0114. The highest BCUT2D eigenvalue weighted by Gasteiger charge is 2.22. The standard InChI is InChI=1S/C22H20O3/c23-19-10-12-22-18(13-19)9-11-21(25-22)17-7-4-8-20(14-17)24-15-16-5-2-1-3-6-16/h1-8,10,12-14,21,23H,9,11,15H2. The molecule has 0 fully saturated rings. The smallest absolute Gasteiger partial charge is 0.124 e. The second-order valence-corrected chi connectivity index (χ2v) is 6.28. The van der Waals surface area contributed by atoms with Gasteiger partial charge in [-0.05, 0) is 59.9 Å². The lowest BCUT2D eigenvalue weighted by Crippen LogP contribution is -2.15. The highest BCUT2D eigenvalue weighted by Crippen LogP contribution is 2.37. The van der Waals surface area contributed by atoms with Gasteiger partial charge in [-0.2, -0.15) is 0 Å². The summed E-state index contributed by atoms with van der Waals surface area (Å²) in [6, 6.07) is 23.5. The summed E-state index contributed by atoms with van der Waals surface area (Å²) in [5, 5.41) is 9.59. The molecule has 3 aromatic rings. The summed E-state index contributed by atoms with van der Waals surface area (Å²) in [5.41, 5.74) is 3.33. The van der Waals surface area contributed by atoms with Crippen LogP contribution in [-0.2, 0) is 13.0 Å². The number of aryl methyl sites for hydroxylation is 1. The van der Waals surface area contributed by atoms with Crippen LogP contribution >= 0.6 is 0 Å². The van der Waals surface area contributed by atoms with E-state index in [-0.39, 0.29) is 11.9 Å². The maximum Gasteiger partial charge on any atom is 0.124 e. The molecule has 3 aromatic carbocycles. The van der Waals surface area contributed by atoms with Gasteiger partial charge in [-0.1, -0.05) is 42.5 Å². The molecular formula is C22H20O3. The first-order valence-corrected chi connectivity index (χ1v) is 8.53. The van der Waals surface area contributed by atoms with Gasteiger partial charge in [-0.25, -0.2) is 0 Å². The fourth-order valence-electron chi connectivity index (χ4n) is 3.16. The lowest BCUT2D eigenvalue weighted by Gasteiger charge is -2.26. The molecule has 0 bridgehead atoms. The molecule has 1 atom stereocenters. The number of hydrogen-bond donors (Lipinski definition) is 1. The van der Waals surface area contributed by atoms with Gasteiger partial charge in [0.2, 0.25) is 0 Å². The fraction of sp³-hybridized carbons (Fsp3) is 0.182. The molecule has 0 saturated heterocycles. The average molecular weight is 332 g/mol. The fourth-order valence-corrected chi connectivity index (χ4v) is 3.16. The van der Waals surface area contributed by atoms with Gasteiger partial charge in [0.25, 0.3) is 0 Å². The van der Waals surface area contributed by atoms with Crippen molar-refractivity contribution >= 4 is 0 Å². The number of benzene rings is 3. The van der Waals surface area contributed by atoms with Crippen molar-refractivity contribution in [1.82, 2.24) is 0 Å². The lowest BCUT2D eigenvalue weighted by atomic mass is 9.97. The molecule has 1 heterocycles. The monoisotopic (exact) mass is 332 g/mol. The van der Waals surface area contributed by atoms with Crippen LogP contribution in [0.5, 0.6) is 17.2 Å². The number of aromatic hydroxyl groups is 1. The zero-order chi connectivity index (χ0) is 17.1.